The van der Waals surface area contributed by atoms with E-state index in [1.807, 2.05) is 30.3 Å². The van der Waals surface area contributed by atoms with E-state index in [0.29, 0.717) is 34.2 Å². The molecule has 0 radical (unpaired) electrons. The van der Waals surface area contributed by atoms with Crippen molar-refractivity contribution in [1.29, 1.82) is 0 Å². The van der Waals surface area contributed by atoms with Gasteiger partial charge in [0.2, 0.25) is 11.8 Å². The lowest BCUT2D eigenvalue weighted by molar-refractivity contribution is -0.128. The maximum absolute atomic E-state index is 14.7. The van der Waals surface area contributed by atoms with E-state index < -0.39 is 41.9 Å². The zero-order chi connectivity index (χ0) is 31.2. The first kappa shape index (κ1) is 31.4. The van der Waals surface area contributed by atoms with Crippen LogP contribution in [0, 0.1) is 11.7 Å². The Morgan fingerprint density at radius 2 is 1.84 bits per heavy atom. The summed E-state index contributed by atoms with van der Waals surface area (Å²) < 4.78 is 25.4. The molecule has 0 aliphatic carbocycles. The first-order valence-corrected chi connectivity index (χ1v) is 14.8. The first-order valence-electron chi connectivity index (χ1n) is 14.4. The monoisotopic (exact) mass is 619 g/mol. The van der Waals surface area contributed by atoms with Crippen LogP contribution in [0.3, 0.4) is 0 Å². The number of rotatable bonds is 11. The number of aliphatic hydroxyl groups is 2. The minimum Gasteiger partial charge on any atom is -0.489 e. The largest absolute Gasteiger partial charge is 0.489 e. The second-order valence-corrected chi connectivity index (χ2v) is 11.4. The van der Waals surface area contributed by atoms with Gasteiger partial charge in [0.05, 0.1) is 24.3 Å². The summed E-state index contributed by atoms with van der Waals surface area (Å²) in [4.78, 5) is 18.0. The molecule has 5 atom stereocenters. The number of hydrogen-bond donors (Lipinski definition) is 4. The van der Waals surface area contributed by atoms with Crippen molar-refractivity contribution < 1.29 is 28.9 Å². The number of para-hydroxylation sites is 1. The Kier molecular flexibility index (Phi) is 10.1. The molecule has 0 bridgehead atoms. The predicted octanol–water partition coefficient (Wildman–Crippen LogP) is 4.64. The SMILES string of the molecule is COc1ccc(-c2ccc(C[C@H](N)[C@@H](O)C[C@@H](Cc3ccccc3F)C(=O)N[C@H]3c4cccc(Cl)c4OC[C@H]3O)cc2)cn1. The molecule has 0 saturated heterocycles. The number of pyridine rings is 1. The van der Waals surface area contributed by atoms with Crippen molar-refractivity contribution in [2.24, 2.45) is 11.7 Å². The van der Waals surface area contributed by atoms with Crippen LogP contribution < -0.4 is 20.5 Å². The fraction of sp³-hybridized carbons (Fsp3) is 0.294. The Labute approximate surface area is 260 Å². The number of fused-ring (bicyclic) bond motifs is 1. The minimum absolute atomic E-state index is 0.0152. The quantitative estimate of drug-likeness (QED) is 0.193. The number of carbonyl (C=O) groups excluding carboxylic acids is 1. The van der Waals surface area contributed by atoms with Crippen LogP contribution in [0.25, 0.3) is 11.1 Å². The molecule has 5 rings (SSSR count). The molecule has 1 amide bonds. The zero-order valence-electron chi connectivity index (χ0n) is 24.2. The standard InChI is InChI=1S/C34H35ClFN3O5/c1-43-31-14-13-23(18-38-31)21-11-9-20(10-12-21)15-28(37)29(40)17-24(16-22-5-2-3-8-27(22)36)34(42)39-32-25-6-4-7-26(35)33(25)44-19-30(32)41/h2-14,18,24,28-30,32,40-41H,15-17,19,37H2,1H3,(H,39,42)/t24-,28+,29+,30-,32+/m1/s1. The van der Waals surface area contributed by atoms with Crippen molar-refractivity contribution in [3.63, 3.8) is 0 Å². The molecule has 1 aliphatic heterocycles. The number of aromatic nitrogens is 1. The Morgan fingerprint density at radius 3 is 2.55 bits per heavy atom. The van der Waals surface area contributed by atoms with Crippen LogP contribution in [-0.4, -0.2) is 53.1 Å². The highest BCUT2D eigenvalue weighted by molar-refractivity contribution is 6.32. The number of amides is 1. The third-order valence-corrected chi connectivity index (χ3v) is 8.23. The number of nitrogens with two attached hydrogens (primary N) is 1. The molecule has 1 aliphatic rings. The normalized spacial score (nSPS) is 18.0. The van der Waals surface area contributed by atoms with E-state index in [4.69, 9.17) is 26.8 Å². The Hall–Kier alpha value is -4.02. The summed E-state index contributed by atoms with van der Waals surface area (Å²) in [6.45, 7) is -0.0546. The molecular formula is C34H35ClFN3O5. The number of benzene rings is 3. The van der Waals surface area contributed by atoms with Gasteiger partial charge in [0, 0.05) is 35.3 Å². The van der Waals surface area contributed by atoms with Gasteiger partial charge >= 0.3 is 0 Å². The summed E-state index contributed by atoms with van der Waals surface area (Å²) in [5.74, 6) is -0.805. The van der Waals surface area contributed by atoms with Gasteiger partial charge in [0.25, 0.3) is 0 Å². The number of nitrogens with one attached hydrogen (secondary N) is 1. The molecule has 0 spiro atoms. The Balaban J connectivity index is 1.29. The molecule has 2 heterocycles. The average Bonchev–Trinajstić information content (AvgIpc) is 3.03. The Bertz CT molecular complexity index is 1570. The van der Waals surface area contributed by atoms with Gasteiger partial charge in [-0.25, -0.2) is 9.37 Å². The molecule has 8 nitrogen and oxygen atoms in total. The van der Waals surface area contributed by atoms with Crippen molar-refractivity contribution in [2.45, 2.75) is 43.6 Å². The van der Waals surface area contributed by atoms with Crippen LogP contribution in [0.15, 0.2) is 85.1 Å². The second kappa shape index (κ2) is 14.2. The van der Waals surface area contributed by atoms with E-state index in [2.05, 4.69) is 10.3 Å². The van der Waals surface area contributed by atoms with Crippen molar-refractivity contribution in [2.75, 3.05) is 13.7 Å². The molecular weight excluding hydrogens is 585 g/mol. The molecule has 5 N–H and O–H groups in total. The number of methoxy groups -OCH3 is 1. The summed E-state index contributed by atoms with van der Waals surface area (Å²) in [5.41, 5.74) is 10.1. The van der Waals surface area contributed by atoms with Crippen LogP contribution in [0.1, 0.15) is 29.2 Å². The lowest BCUT2D eigenvalue weighted by Crippen LogP contribution is -2.46. The molecule has 230 valence electrons. The van der Waals surface area contributed by atoms with Crippen molar-refractivity contribution in [3.05, 3.63) is 113 Å². The van der Waals surface area contributed by atoms with E-state index in [1.165, 1.54) is 6.07 Å². The summed E-state index contributed by atoms with van der Waals surface area (Å²) in [5, 5.41) is 25.1. The summed E-state index contributed by atoms with van der Waals surface area (Å²) >= 11 is 6.28. The number of nitrogens with zero attached hydrogens (tertiary/aromatic N) is 1. The van der Waals surface area contributed by atoms with Crippen molar-refractivity contribution in [1.82, 2.24) is 10.3 Å². The van der Waals surface area contributed by atoms with Gasteiger partial charge in [0.1, 0.15) is 24.3 Å². The predicted molar refractivity (Wildman–Crippen MR) is 166 cm³/mol. The minimum atomic E-state index is -1.07. The number of ether oxygens (including phenoxy) is 2. The number of halogens is 2. The van der Waals surface area contributed by atoms with Gasteiger partial charge in [-0.3, -0.25) is 4.79 Å². The van der Waals surface area contributed by atoms with E-state index in [9.17, 15) is 19.4 Å². The number of aliphatic hydroxyl groups excluding tert-OH is 2. The van der Waals surface area contributed by atoms with Gasteiger partial charge < -0.3 is 30.7 Å². The summed E-state index contributed by atoms with van der Waals surface area (Å²) in [6, 6.07) is 21.3. The van der Waals surface area contributed by atoms with E-state index in [0.717, 1.165) is 16.7 Å². The maximum atomic E-state index is 14.7. The van der Waals surface area contributed by atoms with Gasteiger partial charge in [-0.1, -0.05) is 66.2 Å². The van der Waals surface area contributed by atoms with Gasteiger partial charge in [-0.2, -0.15) is 0 Å². The van der Waals surface area contributed by atoms with Crippen LogP contribution in [0.5, 0.6) is 11.6 Å². The summed E-state index contributed by atoms with van der Waals surface area (Å²) in [6.07, 6.45) is 0.0253. The highest BCUT2D eigenvalue weighted by atomic mass is 35.5. The average molecular weight is 620 g/mol. The highest BCUT2D eigenvalue weighted by Crippen LogP contribution is 2.38. The van der Waals surface area contributed by atoms with E-state index >= 15 is 0 Å². The third-order valence-electron chi connectivity index (χ3n) is 7.93. The number of hydrogen-bond acceptors (Lipinski definition) is 7. The fourth-order valence-corrected chi connectivity index (χ4v) is 5.67. The fourth-order valence-electron chi connectivity index (χ4n) is 5.43. The van der Waals surface area contributed by atoms with E-state index in [1.54, 1.807) is 55.8 Å². The lowest BCUT2D eigenvalue weighted by atomic mass is 9.88. The molecule has 10 heteroatoms. The first-order chi connectivity index (χ1) is 21.2. The number of carbonyl (C=O) groups is 1. The molecule has 1 aromatic heterocycles. The van der Waals surface area contributed by atoms with Gasteiger partial charge in [-0.05, 0) is 54.2 Å². The van der Waals surface area contributed by atoms with Gasteiger partial charge in [-0.15, -0.1) is 0 Å². The molecule has 44 heavy (non-hydrogen) atoms. The molecule has 0 fully saturated rings. The Morgan fingerprint density at radius 1 is 1.09 bits per heavy atom. The van der Waals surface area contributed by atoms with Gasteiger partial charge in [0.15, 0.2) is 0 Å². The third kappa shape index (κ3) is 7.36. The van der Waals surface area contributed by atoms with Crippen molar-refractivity contribution in [3.8, 4) is 22.8 Å². The van der Waals surface area contributed by atoms with Crippen LogP contribution in [0.4, 0.5) is 4.39 Å². The van der Waals surface area contributed by atoms with Crippen LogP contribution in [-0.2, 0) is 17.6 Å². The molecule has 0 saturated carbocycles. The van der Waals surface area contributed by atoms with Crippen LogP contribution >= 0.6 is 11.6 Å². The second-order valence-electron chi connectivity index (χ2n) is 11.0. The molecule has 3 aromatic carbocycles. The zero-order valence-corrected chi connectivity index (χ0v) is 25.0. The molecule has 4 aromatic rings. The van der Waals surface area contributed by atoms with Crippen molar-refractivity contribution >= 4 is 17.5 Å². The van der Waals surface area contributed by atoms with Crippen LogP contribution in [0.2, 0.25) is 5.02 Å². The highest BCUT2D eigenvalue weighted by Gasteiger charge is 2.35. The smallest absolute Gasteiger partial charge is 0.224 e. The molecule has 0 unspecified atom stereocenters. The topological polar surface area (TPSA) is 127 Å². The van der Waals surface area contributed by atoms with E-state index in [-0.39, 0.29) is 19.4 Å². The maximum Gasteiger partial charge on any atom is 0.224 e. The lowest BCUT2D eigenvalue weighted by Gasteiger charge is -2.33. The summed E-state index contributed by atoms with van der Waals surface area (Å²) in [7, 11) is 1.56.